The zero-order chi connectivity index (χ0) is 14.6. The van der Waals surface area contributed by atoms with Gasteiger partial charge in [-0.05, 0) is 48.2 Å². The Balaban J connectivity index is 1.96. The summed E-state index contributed by atoms with van der Waals surface area (Å²) >= 11 is 0. The highest BCUT2D eigenvalue weighted by Crippen LogP contribution is 2.29. The lowest BCUT2D eigenvalue weighted by molar-refractivity contribution is -0.137. The highest BCUT2D eigenvalue weighted by atomic mass is 19.4. The zero-order valence-electron chi connectivity index (χ0n) is 11.1. The molecule has 1 nitrogen and oxygen atoms in total. The normalized spacial score (nSPS) is 11.4. The van der Waals surface area contributed by atoms with Crippen molar-refractivity contribution in [1.82, 2.24) is 0 Å². The first-order chi connectivity index (χ1) is 9.49. The van der Waals surface area contributed by atoms with E-state index in [1.165, 1.54) is 12.1 Å². The van der Waals surface area contributed by atoms with E-state index >= 15 is 0 Å². The molecule has 2 aromatic carbocycles. The summed E-state index contributed by atoms with van der Waals surface area (Å²) in [4.78, 5) is 0. The fraction of sp³-hybridized carbons (Fsp3) is 0.250. The van der Waals surface area contributed by atoms with Crippen LogP contribution in [0.5, 0.6) is 5.75 Å². The van der Waals surface area contributed by atoms with Gasteiger partial charge in [0, 0.05) is 0 Å². The maximum atomic E-state index is 12.4. The molecule has 0 aromatic heterocycles. The number of methoxy groups -OCH3 is 1. The Morgan fingerprint density at radius 2 is 1.25 bits per heavy atom. The summed E-state index contributed by atoms with van der Waals surface area (Å²) in [6, 6.07) is 13.0. The molecule has 20 heavy (non-hydrogen) atoms. The number of hydrogen-bond acceptors (Lipinski definition) is 1. The molecular weight excluding hydrogens is 265 g/mol. The van der Waals surface area contributed by atoms with E-state index in [0.29, 0.717) is 6.42 Å². The molecule has 0 fully saturated rings. The Hall–Kier alpha value is -1.97. The van der Waals surface area contributed by atoms with Crippen LogP contribution >= 0.6 is 0 Å². The van der Waals surface area contributed by atoms with Crippen LogP contribution in [0.25, 0.3) is 0 Å². The van der Waals surface area contributed by atoms with Gasteiger partial charge in [-0.15, -0.1) is 0 Å². The van der Waals surface area contributed by atoms with Crippen LogP contribution in [0.15, 0.2) is 48.5 Å². The van der Waals surface area contributed by atoms with Crippen molar-refractivity contribution < 1.29 is 17.9 Å². The highest BCUT2D eigenvalue weighted by Gasteiger charge is 2.29. The Kier molecular flexibility index (Phi) is 4.32. The molecule has 0 radical (unpaired) electrons. The van der Waals surface area contributed by atoms with Gasteiger partial charge in [-0.25, -0.2) is 0 Å². The molecule has 2 rings (SSSR count). The second-order valence-corrected chi connectivity index (χ2v) is 4.54. The van der Waals surface area contributed by atoms with E-state index in [1.54, 1.807) is 7.11 Å². The van der Waals surface area contributed by atoms with Crippen LogP contribution in [0, 0.1) is 0 Å². The largest absolute Gasteiger partial charge is 0.497 e. The SMILES string of the molecule is COc1ccc(CCc2ccc(C(F)(F)F)cc2)cc1. The van der Waals surface area contributed by atoms with Crippen molar-refractivity contribution >= 4 is 0 Å². The third kappa shape index (κ3) is 3.76. The summed E-state index contributed by atoms with van der Waals surface area (Å²) < 4.78 is 42.4. The van der Waals surface area contributed by atoms with Crippen molar-refractivity contribution in [2.24, 2.45) is 0 Å². The molecule has 0 bridgehead atoms. The van der Waals surface area contributed by atoms with Crippen molar-refractivity contribution in [3.8, 4) is 5.75 Å². The second-order valence-electron chi connectivity index (χ2n) is 4.54. The van der Waals surface area contributed by atoms with Crippen LogP contribution in [-0.2, 0) is 19.0 Å². The maximum Gasteiger partial charge on any atom is 0.416 e. The maximum absolute atomic E-state index is 12.4. The van der Waals surface area contributed by atoms with Crippen molar-refractivity contribution in [2.75, 3.05) is 7.11 Å². The van der Waals surface area contributed by atoms with Gasteiger partial charge < -0.3 is 4.74 Å². The lowest BCUT2D eigenvalue weighted by atomic mass is 10.0. The van der Waals surface area contributed by atoms with Gasteiger partial charge in [-0.1, -0.05) is 24.3 Å². The van der Waals surface area contributed by atoms with Crippen LogP contribution < -0.4 is 4.74 Å². The summed E-state index contributed by atoms with van der Waals surface area (Å²) in [6.45, 7) is 0. The van der Waals surface area contributed by atoms with E-state index in [9.17, 15) is 13.2 Å². The van der Waals surface area contributed by atoms with Gasteiger partial charge in [0.25, 0.3) is 0 Å². The fourth-order valence-corrected chi connectivity index (χ4v) is 1.94. The van der Waals surface area contributed by atoms with Gasteiger partial charge in [-0.3, -0.25) is 0 Å². The predicted octanol–water partition coefficient (Wildman–Crippen LogP) is 4.50. The van der Waals surface area contributed by atoms with Crippen molar-refractivity contribution in [1.29, 1.82) is 0 Å². The fourth-order valence-electron chi connectivity index (χ4n) is 1.94. The molecule has 0 saturated heterocycles. The highest BCUT2D eigenvalue weighted by molar-refractivity contribution is 5.29. The van der Waals surface area contributed by atoms with Gasteiger partial charge in [0.1, 0.15) is 5.75 Å². The quantitative estimate of drug-likeness (QED) is 0.801. The molecule has 0 saturated carbocycles. The second kappa shape index (κ2) is 5.99. The van der Waals surface area contributed by atoms with E-state index in [1.807, 2.05) is 24.3 Å². The summed E-state index contributed by atoms with van der Waals surface area (Å²) in [7, 11) is 1.61. The molecule has 0 heterocycles. The Labute approximate surface area is 116 Å². The van der Waals surface area contributed by atoms with E-state index in [4.69, 9.17) is 4.74 Å². The molecule has 0 aliphatic carbocycles. The average Bonchev–Trinajstić information content (AvgIpc) is 2.45. The number of hydrogen-bond donors (Lipinski definition) is 0. The first-order valence-corrected chi connectivity index (χ1v) is 6.28. The molecule has 106 valence electrons. The summed E-state index contributed by atoms with van der Waals surface area (Å²) in [5.41, 5.74) is 1.42. The van der Waals surface area contributed by atoms with Crippen molar-refractivity contribution in [3.63, 3.8) is 0 Å². The first-order valence-electron chi connectivity index (χ1n) is 6.28. The average molecular weight is 280 g/mol. The van der Waals surface area contributed by atoms with Gasteiger partial charge >= 0.3 is 6.18 Å². The summed E-state index contributed by atoms with van der Waals surface area (Å²) in [5, 5.41) is 0. The van der Waals surface area contributed by atoms with Crippen LogP contribution in [-0.4, -0.2) is 7.11 Å². The standard InChI is InChI=1S/C16H15F3O/c1-20-15-10-6-13(7-11-15)3-2-12-4-8-14(9-5-12)16(17,18)19/h4-11H,2-3H2,1H3. The van der Waals surface area contributed by atoms with Gasteiger partial charge in [0.15, 0.2) is 0 Å². The van der Waals surface area contributed by atoms with Crippen LogP contribution in [0.4, 0.5) is 13.2 Å². The van der Waals surface area contributed by atoms with Crippen LogP contribution in [0.2, 0.25) is 0 Å². The third-order valence-corrected chi connectivity index (χ3v) is 3.14. The Bertz CT molecular complexity index is 541. The molecule has 0 unspecified atom stereocenters. The Morgan fingerprint density at radius 3 is 1.65 bits per heavy atom. The molecule has 2 aromatic rings. The molecule has 0 aliphatic heterocycles. The van der Waals surface area contributed by atoms with Gasteiger partial charge in [0.2, 0.25) is 0 Å². The van der Waals surface area contributed by atoms with E-state index in [2.05, 4.69) is 0 Å². The van der Waals surface area contributed by atoms with Crippen LogP contribution in [0.3, 0.4) is 0 Å². The van der Waals surface area contributed by atoms with E-state index in [0.717, 1.165) is 35.4 Å². The predicted molar refractivity (Wildman–Crippen MR) is 71.8 cm³/mol. The topological polar surface area (TPSA) is 9.23 Å². The molecule has 0 amide bonds. The van der Waals surface area contributed by atoms with Crippen molar-refractivity contribution in [3.05, 3.63) is 65.2 Å². The minimum absolute atomic E-state index is 0.606. The molecule has 0 atom stereocenters. The van der Waals surface area contributed by atoms with Crippen molar-refractivity contribution in [2.45, 2.75) is 19.0 Å². The molecule has 0 N–H and O–H groups in total. The van der Waals surface area contributed by atoms with Gasteiger partial charge in [0.05, 0.1) is 12.7 Å². The lowest BCUT2D eigenvalue weighted by Crippen LogP contribution is -2.04. The third-order valence-electron chi connectivity index (χ3n) is 3.14. The zero-order valence-corrected chi connectivity index (χ0v) is 11.1. The number of alkyl halides is 3. The summed E-state index contributed by atoms with van der Waals surface area (Å²) in [6.07, 6.45) is -2.77. The smallest absolute Gasteiger partial charge is 0.416 e. The Morgan fingerprint density at radius 1 is 0.800 bits per heavy atom. The number of rotatable bonds is 4. The number of aryl methyl sites for hydroxylation is 2. The summed E-state index contributed by atoms with van der Waals surface area (Å²) in [5.74, 6) is 0.795. The van der Waals surface area contributed by atoms with Gasteiger partial charge in [-0.2, -0.15) is 13.2 Å². The monoisotopic (exact) mass is 280 g/mol. The molecule has 0 spiro atoms. The van der Waals surface area contributed by atoms with Crippen LogP contribution in [0.1, 0.15) is 16.7 Å². The molecular formula is C16H15F3O. The van der Waals surface area contributed by atoms with E-state index in [-0.39, 0.29) is 0 Å². The number of ether oxygens (including phenoxy) is 1. The molecule has 4 heteroatoms. The number of benzene rings is 2. The minimum Gasteiger partial charge on any atom is -0.497 e. The molecule has 0 aliphatic rings. The number of halogens is 3. The minimum atomic E-state index is -4.27. The first kappa shape index (κ1) is 14.4. The lowest BCUT2D eigenvalue weighted by Gasteiger charge is -2.08. The van der Waals surface area contributed by atoms with E-state index < -0.39 is 11.7 Å².